The van der Waals surface area contributed by atoms with Crippen LogP contribution in [-0.2, 0) is 0 Å². The van der Waals surface area contributed by atoms with E-state index in [2.05, 4.69) is 15.3 Å². The molecule has 1 aromatic rings. The van der Waals surface area contributed by atoms with Crippen molar-refractivity contribution in [2.24, 2.45) is 0 Å². The van der Waals surface area contributed by atoms with Gasteiger partial charge in [0.2, 0.25) is 0 Å². The van der Waals surface area contributed by atoms with Gasteiger partial charge in [0.1, 0.15) is 11.6 Å². The van der Waals surface area contributed by atoms with Crippen LogP contribution in [0.2, 0.25) is 0 Å². The molecule has 0 saturated carbocycles. The lowest BCUT2D eigenvalue weighted by atomic mass is 10.2. The number of nitrogens with zero attached hydrogens (tertiary/aromatic N) is 2. The van der Waals surface area contributed by atoms with E-state index < -0.39 is 0 Å². The highest BCUT2D eigenvalue weighted by molar-refractivity contribution is 5.57. The molecule has 2 N–H and O–H groups in total. The van der Waals surface area contributed by atoms with Gasteiger partial charge in [0, 0.05) is 25.7 Å². The van der Waals surface area contributed by atoms with Crippen molar-refractivity contribution in [1.82, 2.24) is 9.97 Å². The van der Waals surface area contributed by atoms with Gasteiger partial charge in [-0.3, -0.25) is 4.98 Å². The minimum atomic E-state index is -0.326. The first-order valence-corrected chi connectivity index (χ1v) is 4.96. The number of anilines is 2. The molecule has 0 unspecified atom stereocenters. The molecule has 0 saturated heterocycles. The largest absolute Gasteiger partial charge is 0.367 e. The lowest BCUT2D eigenvalue weighted by Gasteiger charge is -2.18. The summed E-state index contributed by atoms with van der Waals surface area (Å²) < 4.78 is 0. The standard InChI is InChI=1S/C10H18N4O/c1-6(2)11-8-7(3)9(14(4)5)13-10(15)12-8/h6H,1-5H3,(H2,11,12,13,15). The zero-order chi connectivity index (χ0) is 11.6. The molecule has 0 aliphatic heterocycles. The van der Waals surface area contributed by atoms with Gasteiger partial charge in [-0.2, -0.15) is 4.98 Å². The number of aromatic nitrogens is 2. The summed E-state index contributed by atoms with van der Waals surface area (Å²) in [7, 11) is 3.77. The number of rotatable bonds is 3. The maximum Gasteiger partial charge on any atom is 0.348 e. The Balaban J connectivity index is 3.22. The predicted octanol–water partition coefficient (Wildman–Crippen LogP) is 0.965. The third kappa shape index (κ3) is 2.71. The Morgan fingerprint density at radius 3 is 2.47 bits per heavy atom. The van der Waals surface area contributed by atoms with E-state index in [1.54, 1.807) is 0 Å². The third-order valence-corrected chi connectivity index (χ3v) is 2.02. The van der Waals surface area contributed by atoms with Crippen molar-refractivity contribution in [3.05, 3.63) is 16.0 Å². The summed E-state index contributed by atoms with van der Waals surface area (Å²) >= 11 is 0. The molecule has 0 spiro atoms. The molecule has 0 aliphatic carbocycles. The molecule has 5 nitrogen and oxygen atoms in total. The Morgan fingerprint density at radius 1 is 1.40 bits per heavy atom. The predicted molar refractivity (Wildman–Crippen MR) is 62.7 cm³/mol. The lowest BCUT2D eigenvalue weighted by molar-refractivity contribution is 0.872. The number of nitrogens with one attached hydrogen (secondary N) is 2. The summed E-state index contributed by atoms with van der Waals surface area (Å²) in [6.45, 7) is 5.96. The molecule has 1 rings (SSSR count). The van der Waals surface area contributed by atoms with Gasteiger partial charge < -0.3 is 10.2 Å². The van der Waals surface area contributed by atoms with Crippen molar-refractivity contribution < 1.29 is 0 Å². The van der Waals surface area contributed by atoms with Gasteiger partial charge in [0.25, 0.3) is 0 Å². The van der Waals surface area contributed by atoms with E-state index in [-0.39, 0.29) is 11.7 Å². The van der Waals surface area contributed by atoms with Crippen LogP contribution in [-0.4, -0.2) is 30.1 Å². The molecule has 0 bridgehead atoms. The second kappa shape index (κ2) is 4.33. The molecular weight excluding hydrogens is 192 g/mol. The highest BCUT2D eigenvalue weighted by Crippen LogP contribution is 2.19. The van der Waals surface area contributed by atoms with Crippen LogP contribution >= 0.6 is 0 Å². The Morgan fingerprint density at radius 2 is 2.00 bits per heavy atom. The fourth-order valence-electron chi connectivity index (χ4n) is 1.38. The first kappa shape index (κ1) is 11.6. The molecule has 0 atom stereocenters. The van der Waals surface area contributed by atoms with Gasteiger partial charge in [-0.05, 0) is 20.8 Å². The molecular formula is C10H18N4O. The molecule has 84 valence electrons. The van der Waals surface area contributed by atoms with E-state index >= 15 is 0 Å². The van der Waals surface area contributed by atoms with E-state index in [1.807, 2.05) is 39.8 Å². The molecule has 5 heteroatoms. The Hall–Kier alpha value is -1.52. The van der Waals surface area contributed by atoms with Crippen molar-refractivity contribution in [3.63, 3.8) is 0 Å². The minimum Gasteiger partial charge on any atom is -0.367 e. The number of aromatic amines is 1. The maximum absolute atomic E-state index is 11.3. The zero-order valence-corrected chi connectivity index (χ0v) is 9.88. The second-order valence-electron chi connectivity index (χ2n) is 4.06. The van der Waals surface area contributed by atoms with Gasteiger partial charge in [-0.1, -0.05) is 0 Å². The number of hydrogen-bond donors (Lipinski definition) is 2. The fraction of sp³-hybridized carbons (Fsp3) is 0.600. The SMILES string of the molecule is Cc1c(NC(C)C)nc(=O)[nH]c1N(C)C. The van der Waals surface area contributed by atoms with Crippen LogP contribution < -0.4 is 15.9 Å². The van der Waals surface area contributed by atoms with Crippen LogP contribution in [0.4, 0.5) is 11.6 Å². The Labute approximate surface area is 89.5 Å². The molecule has 0 amide bonds. The van der Waals surface area contributed by atoms with Gasteiger partial charge in [0.15, 0.2) is 0 Å². The van der Waals surface area contributed by atoms with Gasteiger partial charge in [-0.15, -0.1) is 0 Å². The number of hydrogen-bond acceptors (Lipinski definition) is 4. The van der Waals surface area contributed by atoms with Gasteiger partial charge in [-0.25, -0.2) is 4.79 Å². The van der Waals surface area contributed by atoms with E-state index in [4.69, 9.17) is 0 Å². The van der Waals surface area contributed by atoms with E-state index in [0.29, 0.717) is 5.82 Å². The van der Waals surface area contributed by atoms with Crippen molar-refractivity contribution >= 4 is 11.6 Å². The van der Waals surface area contributed by atoms with Crippen LogP contribution in [0.15, 0.2) is 4.79 Å². The summed E-state index contributed by atoms with van der Waals surface area (Å²) in [4.78, 5) is 19.8. The smallest absolute Gasteiger partial charge is 0.348 e. The Bertz CT molecular complexity index is 395. The summed E-state index contributed by atoms with van der Waals surface area (Å²) in [6, 6.07) is 0.257. The lowest BCUT2D eigenvalue weighted by Crippen LogP contribution is -2.24. The van der Waals surface area contributed by atoms with Gasteiger partial charge >= 0.3 is 5.69 Å². The first-order valence-electron chi connectivity index (χ1n) is 4.96. The van der Waals surface area contributed by atoms with E-state index in [9.17, 15) is 4.79 Å². The molecule has 0 radical (unpaired) electrons. The highest BCUT2D eigenvalue weighted by atomic mass is 16.1. The first-order chi connectivity index (χ1) is 6.91. The Kier molecular flexibility index (Phi) is 3.34. The topological polar surface area (TPSA) is 61.0 Å². The number of H-pyrrole nitrogens is 1. The summed E-state index contributed by atoms with van der Waals surface area (Å²) in [5, 5.41) is 3.15. The van der Waals surface area contributed by atoms with E-state index in [1.165, 1.54) is 0 Å². The monoisotopic (exact) mass is 210 g/mol. The van der Waals surface area contributed by atoms with Crippen LogP contribution in [0, 0.1) is 6.92 Å². The molecule has 0 fully saturated rings. The van der Waals surface area contributed by atoms with Crippen LogP contribution in [0.1, 0.15) is 19.4 Å². The highest BCUT2D eigenvalue weighted by Gasteiger charge is 2.10. The van der Waals surface area contributed by atoms with Crippen molar-refractivity contribution in [2.75, 3.05) is 24.3 Å². The minimum absolute atomic E-state index is 0.257. The van der Waals surface area contributed by atoms with Crippen molar-refractivity contribution in [1.29, 1.82) is 0 Å². The van der Waals surface area contributed by atoms with Crippen LogP contribution in [0.25, 0.3) is 0 Å². The summed E-state index contributed by atoms with van der Waals surface area (Å²) in [6.07, 6.45) is 0. The van der Waals surface area contributed by atoms with Crippen molar-refractivity contribution in [3.8, 4) is 0 Å². The molecule has 0 aliphatic rings. The average Bonchev–Trinajstić information content (AvgIpc) is 2.09. The third-order valence-electron chi connectivity index (χ3n) is 2.02. The second-order valence-corrected chi connectivity index (χ2v) is 4.06. The molecule has 1 aromatic heterocycles. The van der Waals surface area contributed by atoms with Crippen molar-refractivity contribution in [2.45, 2.75) is 26.8 Å². The molecule has 1 heterocycles. The van der Waals surface area contributed by atoms with E-state index in [0.717, 1.165) is 11.4 Å². The normalized spacial score (nSPS) is 10.5. The van der Waals surface area contributed by atoms with Crippen LogP contribution in [0.3, 0.4) is 0 Å². The van der Waals surface area contributed by atoms with Gasteiger partial charge in [0.05, 0.1) is 0 Å². The molecule has 0 aromatic carbocycles. The zero-order valence-electron chi connectivity index (χ0n) is 9.88. The summed E-state index contributed by atoms with van der Waals surface area (Å²) in [5.41, 5.74) is 0.626. The molecule has 15 heavy (non-hydrogen) atoms. The quantitative estimate of drug-likeness (QED) is 0.780. The van der Waals surface area contributed by atoms with Crippen LogP contribution in [0.5, 0.6) is 0 Å². The fourth-order valence-corrected chi connectivity index (χ4v) is 1.38. The average molecular weight is 210 g/mol. The maximum atomic E-state index is 11.3. The summed E-state index contributed by atoms with van der Waals surface area (Å²) in [5.74, 6) is 1.44.